The van der Waals surface area contributed by atoms with E-state index in [1.54, 1.807) is 0 Å². The largest absolute Gasteiger partial charge is 0.455 e. The van der Waals surface area contributed by atoms with E-state index in [2.05, 4.69) is 278 Å². The third-order valence-corrected chi connectivity index (χ3v) is 16.2. The van der Waals surface area contributed by atoms with Crippen LogP contribution in [-0.2, 0) is 5.41 Å². The Bertz CT molecular complexity index is 4570. The van der Waals surface area contributed by atoms with Gasteiger partial charge in [-0.2, -0.15) is 0 Å². The van der Waals surface area contributed by atoms with E-state index >= 15 is 0 Å². The molecule has 0 N–H and O–H groups in total. The lowest BCUT2D eigenvalue weighted by Crippen LogP contribution is -2.17. The maximum absolute atomic E-state index is 6.43. The first-order valence-electron chi connectivity index (χ1n) is 26.3. The average molecular weight is 971 g/mol. The lowest BCUT2D eigenvalue weighted by molar-refractivity contribution is 0.660. The van der Waals surface area contributed by atoms with Crippen molar-refractivity contribution in [3.63, 3.8) is 0 Å². The summed E-state index contributed by atoms with van der Waals surface area (Å²) in [5.74, 6) is 0. The molecule has 0 aliphatic heterocycles. The Morgan fingerprint density at radius 2 is 0.750 bits per heavy atom. The number of hydrogen-bond acceptors (Lipinski definition) is 3. The molecule has 0 atom stereocenters. The van der Waals surface area contributed by atoms with Gasteiger partial charge in [0.15, 0.2) is 0 Å². The zero-order valence-corrected chi connectivity index (χ0v) is 42.2. The van der Waals surface area contributed by atoms with Gasteiger partial charge in [0.1, 0.15) is 11.2 Å². The molecule has 3 heteroatoms. The summed E-state index contributed by atoms with van der Waals surface area (Å²) in [5.41, 5.74) is 18.0. The molecule has 0 fully saturated rings. The van der Waals surface area contributed by atoms with Crippen LogP contribution in [0.4, 0.5) is 34.1 Å². The van der Waals surface area contributed by atoms with E-state index < -0.39 is 0 Å². The Hall–Kier alpha value is -9.70. The smallest absolute Gasteiger partial charge is 0.143 e. The Kier molecular flexibility index (Phi) is 9.92. The summed E-state index contributed by atoms with van der Waals surface area (Å²) in [6.07, 6.45) is 0. The molecule has 358 valence electrons. The van der Waals surface area contributed by atoms with Crippen LogP contribution >= 0.6 is 0 Å². The van der Waals surface area contributed by atoms with Crippen molar-refractivity contribution in [2.75, 3.05) is 9.80 Å². The fourth-order valence-corrected chi connectivity index (χ4v) is 12.5. The number of fused-ring (bicyclic) bond motifs is 13. The van der Waals surface area contributed by atoms with E-state index in [1.807, 2.05) is 12.1 Å². The highest BCUT2D eigenvalue weighted by atomic mass is 16.3. The lowest BCUT2D eigenvalue weighted by atomic mass is 9.82. The maximum atomic E-state index is 6.43. The number of nitrogens with zero attached hydrogens (tertiary/aromatic N) is 2. The molecule has 15 rings (SSSR count). The van der Waals surface area contributed by atoms with Gasteiger partial charge in [-0.25, -0.2) is 0 Å². The maximum Gasteiger partial charge on any atom is 0.143 e. The highest BCUT2D eigenvalue weighted by Gasteiger charge is 2.37. The molecule has 0 spiro atoms. The van der Waals surface area contributed by atoms with E-state index in [1.165, 1.54) is 65.3 Å². The van der Waals surface area contributed by atoms with Gasteiger partial charge in [0, 0.05) is 55.6 Å². The predicted molar refractivity (Wildman–Crippen MR) is 322 cm³/mol. The molecule has 14 aromatic rings. The van der Waals surface area contributed by atoms with Crippen molar-refractivity contribution < 1.29 is 4.42 Å². The van der Waals surface area contributed by atoms with Gasteiger partial charge in [0.05, 0.1) is 5.69 Å². The molecule has 76 heavy (non-hydrogen) atoms. The van der Waals surface area contributed by atoms with Gasteiger partial charge in [-0.1, -0.05) is 208 Å². The molecule has 13 aromatic carbocycles. The van der Waals surface area contributed by atoms with Crippen molar-refractivity contribution in [2.24, 2.45) is 0 Å². The van der Waals surface area contributed by atoms with Crippen LogP contribution in [0.5, 0.6) is 0 Å². The van der Waals surface area contributed by atoms with Crippen LogP contribution in [0.1, 0.15) is 25.0 Å². The molecule has 0 bridgehead atoms. The monoisotopic (exact) mass is 970 g/mol. The Morgan fingerprint density at radius 3 is 1.43 bits per heavy atom. The van der Waals surface area contributed by atoms with Crippen LogP contribution in [0.15, 0.2) is 271 Å². The van der Waals surface area contributed by atoms with Crippen LogP contribution < -0.4 is 9.80 Å². The number of anilines is 6. The third-order valence-electron chi connectivity index (χ3n) is 16.2. The van der Waals surface area contributed by atoms with Crippen molar-refractivity contribution in [2.45, 2.75) is 19.3 Å². The van der Waals surface area contributed by atoms with Crippen molar-refractivity contribution in [3.05, 3.63) is 278 Å². The molecule has 0 radical (unpaired) electrons. The number of rotatable bonds is 8. The number of benzene rings is 13. The predicted octanol–water partition coefficient (Wildman–Crippen LogP) is 20.8. The molecule has 1 aliphatic rings. The molecule has 1 heterocycles. The summed E-state index contributed by atoms with van der Waals surface area (Å²) >= 11 is 0. The Morgan fingerprint density at radius 1 is 0.289 bits per heavy atom. The molecular formula is C73H50N2O. The summed E-state index contributed by atoms with van der Waals surface area (Å²) in [6.45, 7) is 4.79. The summed E-state index contributed by atoms with van der Waals surface area (Å²) in [5, 5.41) is 12.3. The summed E-state index contributed by atoms with van der Waals surface area (Å²) in [4.78, 5) is 4.87. The van der Waals surface area contributed by atoms with Crippen LogP contribution in [0.2, 0.25) is 0 Å². The van der Waals surface area contributed by atoms with Gasteiger partial charge < -0.3 is 14.2 Å². The summed E-state index contributed by atoms with van der Waals surface area (Å²) < 4.78 is 6.43. The molecule has 0 unspecified atom stereocenters. The minimum Gasteiger partial charge on any atom is -0.455 e. The van der Waals surface area contributed by atoms with Gasteiger partial charge in [-0.3, -0.25) is 0 Å². The average Bonchev–Trinajstić information content (AvgIpc) is 4.08. The molecular weight excluding hydrogens is 921 g/mol. The first-order chi connectivity index (χ1) is 37.4. The van der Waals surface area contributed by atoms with Gasteiger partial charge in [0.25, 0.3) is 0 Å². The van der Waals surface area contributed by atoms with E-state index in [4.69, 9.17) is 4.42 Å². The fraction of sp³-hybridized carbons (Fsp3) is 0.0411. The fourth-order valence-electron chi connectivity index (χ4n) is 12.5. The van der Waals surface area contributed by atoms with E-state index in [-0.39, 0.29) is 5.41 Å². The first kappa shape index (κ1) is 43.8. The van der Waals surface area contributed by atoms with E-state index in [0.29, 0.717) is 0 Å². The van der Waals surface area contributed by atoms with E-state index in [9.17, 15) is 0 Å². The van der Waals surface area contributed by atoms with Crippen molar-refractivity contribution >= 4 is 99.2 Å². The number of furan rings is 1. The van der Waals surface area contributed by atoms with Crippen LogP contribution in [-0.4, -0.2) is 0 Å². The van der Waals surface area contributed by atoms with Crippen molar-refractivity contribution in [1.82, 2.24) is 0 Å². The third kappa shape index (κ3) is 6.90. The number of hydrogen-bond donors (Lipinski definition) is 0. The van der Waals surface area contributed by atoms with Gasteiger partial charge in [-0.15, -0.1) is 0 Å². The second-order valence-corrected chi connectivity index (χ2v) is 20.8. The zero-order chi connectivity index (χ0) is 50.5. The second kappa shape index (κ2) is 17.2. The number of para-hydroxylation sites is 3. The van der Waals surface area contributed by atoms with Gasteiger partial charge in [-0.05, 0) is 149 Å². The van der Waals surface area contributed by atoms with Crippen LogP contribution in [0.3, 0.4) is 0 Å². The van der Waals surface area contributed by atoms with Crippen LogP contribution in [0.25, 0.3) is 98.4 Å². The quantitative estimate of drug-likeness (QED) is 0.142. The molecule has 0 amide bonds. The van der Waals surface area contributed by atoms with Crippen LogP contribution in [0, 0.1) is 0 Å². The summed E-state index contributed by atoms with van der Waals surface area (Å²) in [6, 6.07) is 97.7. The van der Waals surface area contributed by atoms with Gasteiger partial charge in [0.2, 0.25) is 0 Å². The second-order valence-electron chi connectivity index (χ2n) is 20.8. The molecule has 0 saturated carbocycles. The normalized spacial score (nSPS) is 12.7. The molecule has 1 aliphatic carbocycles. The molecule has 3 nitrogen and oxygen atoms in total. The molecule has 0 saturated heterocycles. The van der Waals surface area contributed by atoms with Crippen molar-refractivity contribution in [3.8, 4) is 33.4 Å². The highest BCUT2D eigenvalue weighted by Crippen LogP contribution is 2.53. The minimum atomic E-state index is -0.298. The first-order valence-corrected chi connectivity index (χ1v) is 26.3. The standard InChI is InChI=1S/C73H50N2O/c1-73(2)68-45-54(39-42-63(68)64-43-40-55(46-69(64)73)75(51-18-4-3-5-19-51)70-28-14-17-49-16-6-7-20-56(49)70)74(53-38-41-62-60-23-9-8-21-58(60)59-22-10-11-24-61(59)67(62)44-53)52-36-34-48(35-37-52)47-30-32-50(33-31-47)57-26-15-27-66-65-25-12-13-29-71(65)76-72(57)66/h3-46H,1-2H3. The lowest BCUT2D eigenvalue weighted by Gasteiger charge is -2.30. The molecule has 1 aromatic heterocycles. The topological polar surface area (TPSA) is 19.6 Å². The zero-order valence-electron chi connectivity index (χ0n) is 42.2. The minimum absolute atomic E-state index is 0.298. The Labute approximate surface area is 441 Å². The van der Waals surface area contributed by atoms with Crippen molar-refractivity contribution in [1.29, 1.82) is 0 Å². The summed E-state index contributed by atoms with van der Waals surface area (Å²) in [7, 11) is 0. The van der Waals surface area contributed by atoms with Gasteiger partial charge >= 0.3 is 0 Å². The SMILES string of the molecule is CC1(C)c2cc(N(c3ccc(-c4ccc(-c5cccc6c5oc5ccccc56)cc4)cc3)c3ccc4c5ccccc5c5ccccc5c4c3)ccc2-c2ccc(N(c3ccccc3)c3cccc4ccccc34)cc21. The van der Waals surface area contributed by atoms with E-state index in [0.717, 1.165) is 78.3 Å². The highest BCUT2D eigenvalue weighted by molar-refractivity contribution is 6.26. The Balaban J connectivity index is 0.841.